The number of carbonyl (C=O) groups is 2. The van der Waals surface area contributed by atoms with Crippen LogP contribution in [-0.2, 0) is 28.5 Å². The van der Waals surface area contributed by atoms with Crippen molar-refractivity contribution in [1.82, 2.24) is 0 Å². The van der Waals surface area contributed by atoms with E-state index < -0.39 is 17.3 Å². The first kappa shape index (κ1) is 22.3. The molecule has 2 fully saturated rings. The Balaban J connectivity index is 1.81. The van der Waals surface area contributed by atoms with Gasteiger partial charge in [0.2, 0.25) is 0 Å². The topological polar surface area (TPSA) is 71.1 Å². The summed E-state index contributed by atoms with van der Waals surface area (Å²) < 4.78 is 23.8. The van der Waals surface area contributed by atoms with E-state index >= 15 is 0 Å². The predicted octanol–water partition coefficient (Wildman–Crippen LogP) is 4.46. The Hall–Kier alpha value is -1.92. The Morgan fingerprint density at radius 2 is 1.90 bits per heavy atom. The molecule has 6 nitrogen and oxygen atoms in total. The zero-order valence-corrected chi connectivity index (χ0v) is 19.6. The van der Waals surface area contributed by atoms with Crippen molar-refractivity contribution in [2.75, 3.05) is 7.11 Å². The Bertz CT molecular complexity index is 896. The number of fused-ring (bicyclic) bond motifs is 1. The van der Waals surface area contributed by atoms with Crippen molar-refractivity contribution in [3.8, 4) is 0 Å². The quantitative estimate of drug-likeness (QED) is 0.476. The third kappa shape index (κ3) is 3.48. The molecule has 2 saturated heterocycles. The van der Waals surface area contributed by atoms with Crippen molar-refractivity contribution >= 4 is 11.9 Å². The standard InChI is InChI=1S/C25H34O6/c1-13(2)16-12-18(26)30-24(5)11-10-15(4)21-19-20(23(27)29-21)25(6,28-7)31-22(19)14(3)8-9-17(16)24/h8,12-13,17,19-20,22H,9-11H2,1-7H3/b14-8-,21-15+/t17-,19+,20-,22-,24+,25-/m1/s1. The smallest absolute Gasteiger partial charge is 0.331 e. The molecule has 0 unspecified atom stereocenters. The van der Waals surface area contributed by atoms with Crippen LogP contribution >= 0.6 is 0 Å². The monoisotopic (exact) mass is 430 g/mol. The number of rotatable bonds is 2. The molecule has 0 radical (unpaired) electrons. The summed E-state index contributed by atoms with van der Waals surface area (Å²) in [6.45, 7) is 12.1. The number of allylic oxidation sites excluding steroid dienone is 2. The lowest BCUT2D eigenvalue weighted by atomic mass is 9.72. The molecule has 0 bridgehead atoms. The second-order valence-electron chi connectivity index (χ2n) is 10.1. The van der Waals surface area contributed by atoms with Crippen LogP contribution in [0.3, 0.4) is 0 Å². The van der Waals surface area contributed by atoms with E-state index in [0.717, 1.165) is 23.1 Å². The summed E-state index contributed by atoms with van der Waals surface area (Å²) in [6, 6.07) is 0. The van der Waals surface area contributed by atoms with Gasteiger partial charge in [-0.05, 0) is 64.0 Å². The Labute approximate surface area is 184 Å². The third-order valence-corrected chi connectivity index (χ3v) is 7.75. The largest absolute Gasteiger partial charge is 0.456 e. The molecule has 0 N–H and O–H groups in total. The SMILES string of the molecule is CO[C@]1(C)O[C@@H]2/C(C)=C\C[C@@H]3C(C(C)C)=CC(=O)O[C@@]3(C)CC/C(C)=C3/OC(=O)[C@H]1[C@@H]32. The first-order chi connectivity index (χ1) is 14.5. The van der Waals surface area contributed by atoms with Gasteiger partial charge in [-0.15, -0.1) is 0 Å². The molecule has 0 spiro atoms. The lowest BCUT2D eigenvalue weighted by Crippen LogP contribution is -2.44. The minimum atomic E-state index is -1.02. The highest BCUT2D eigenvalue weighted by molar-refractivity contribution is 5.84. The van der Waals surface area contributed by atoms with Gasteiger partial charge >= 0.3 is 11.9 Å². The maximum Gasteiger partial charge on any atom is 0.331 e. The number of ether oxygens (including phenoxy) is 4. The molecule has 3 heterocycles. The van der Waals surface area contributed by atoms with Crippen molar-refractivity contribution < 1.29 is 28.5 Å². The minimum Gasteiger partial charge on any atom is -0.456 e. The molecule has 1 aliphatic carbocycles. The van der Waals surface area contributed by atoms with Crippen LogP contribution in [0.1, 0.15) is 60.8 Å². The number of esters is 2. The highest BCUT2D eigenvalue weighted by atomic mass is 16.7. The Morgan fingerprint density at radius 3 is 2.55 bits per heavy atom. The summed E-state index contributed by atoms with van der Waals surface area (Å²) in [5, 5.41) is 0. The summed E-state index contributed by atoms with van der Waals surface area (Å²) in [5.41, 5.74) is 2.56. The second kappa shape index (κ2) is 7.59. The molecule has 170 valence electrons. The lowest BCUT2D eigenvalue weighted by Gasteiger charge is -2.42. The van der Waals surface area contributed by atoms with Gasteiger partial charge in [-0.2, -0.15) is 0 Å². The van der Waals surface area contributed by atoms with Gasteiger partial charge in [0, 0.05) is 19.1 Å². The second-order valence-corrected chi connectivity index (χ2v) is 10.1. The summed E-state index contributed by atoms with van der Waals surface area (Å²) >= 11 is 0. The normalized spacial score (nSPS) is 44.5. The van der Waals surface area contributed by atoms with Gasteiger partial charge in [0.15, 0.2) is 5.79 Å². The zero-order valence-electron chi connectivity index (χ0n) is 19.6. The maximum absolute atomic E-state index is 12.8. The van der Waals surface area contributed by atoms with Crippen molar-refractivity contribution in [3.63, 3.8) is 0 Å². The average Bonchev–Trinajstić information content (AvgIpc) is 3.21. The van der Waals surface area contributed by atoms with E-state index in [9.17, 15) is 9.59 Å². The van der Waals surface area contributed by atoms with Crippen LogP contribution in [-0.4, -0.2) is 36.5 Å². The van der Waals surface area contributed by atoms with E-state index in [1.165, 1.54) is 0 Å². The molecule has 0 saturated carbocycles. The van der Waals surface area contributed by atoms with Crippen LogP contribution in [0.2, 0.25) is 0 Å². The highest BCUT2D eigenvalue weighted by Crippen LogP contribution is 2.53. The van der Waals surface area contributed by atoms with Gasteiger partial charge in [0.25, 0.3) is 0 Å². The molecular weight excluding hydrogens is 396 g/mol. The fourth-order valence-corrected chi connectivity index (χ4v) is 5.79. The molecule has 6 heteroatoms. The van der Waals surface area contributed by atoms with Crippen LogP contribution in [0, 0.1) is 23.7 Å². The van der Waals surface area contributed by atoms with E-state index in [4.69, 9.17) is 18.9 Å². The fourth-order valence-electron chi connectivity index (χ4n) is 5.79. The summed E-state index contributed by atoms with van der Waals surface area (Å²) in [6.07, 6.45) is 5.64. The van der Waals surface area contributed by atoms with Gasteiger partial charge < -0.3 is 18.9 Å². The van der Waals surface area contributed by atoms with Crippen LogP contribution in [0.5, 0.6) is 0 Å². The van der Waals surface area contributed by atoms with Crippen LogP contribution in [0.15, 0.2) is 34.6 Å². The van der Waals surface area contributed by atoms with Gasteiger partial charge in [-0.25, -0.2) is 4.79 Å². The Kier molecular flexibility index (Phi) is 5.46. The molecular formula is C25H34O6. The number of carbonyl (C=O) groups excluding carboxylic acids is 2. The molecule has 31 heavy (non-hydrogen) atoms. The number of methoxy groups -OCH3 is 1. The van der Waals surface area contributed by atoms with Crippen molar-refractivity contribution in [2.45, 2.75) is 78.3 Å². The van der Waals surface area contributed by atoms with Crippen LogP contribution in [0.4, 0.5) is 0 Å². The predicted molar refractivity (Wildman–Crippen MR) is 115 cm³/mol. The average molecular weight is 431 g/mol. The molecule has 0 amide bonds. The van der Waals surface area contributed by atoms with E-state index in [2.05, 4.69) is 19.9 Å². The van der Waals surface area contributed by atoms with E-state index in [1.54, 1.807) is 13.2 Å². The molecule has 6 atom stereocenters. The highest BCUT2D eigenvalue weighted by Gasteiger charge is 2.63. The van der Waals surface area contributed by atoms with Gasteiger partial charge in [0.05, 0.1) is 12.0 Å². The molecule has 0 aromatic heterocycles. The number of hydrogen-bond donors (Lipinski definition) is 0. The van der Waals surface area contributed by atoms with Crippen molar-refractivity contribution in [1.29, 1.82) is 0 Å². The first-order valence-corrected chi connectivity index (χ1v) is 11.3. The van der Waals surface area contributed by atoms with Crippen LogP contribution in [0.25, 0.3) is 0 Å². The number of hydrogen-bond acceptors (Lipinski definition) is 6. The maximum atomic E-state index is 12.8. The minimum absolute atomic E-state index is 0.0875. The molecule has 0 aromatic carbocycles. The molecule has 4 rings (SSSR count). The van der Waals surface area contributed by atoms with E-state index in [0.29, 0.717) is 18.6 Å². The zero-order chi connectivity index (χ0) is 22.7. The third-order valence-electron chi connectivity index (χ3n) is 7.75. The summed E-state index contributed by atoms with van der Waals surface area (Å²) in [4.78, 5) is 25.2. The fraction of sp³-hybridized carbons (Fsp3) is 0.680. The lowest BCUT2D eigenvalue weighted by molar-refractivity contribution is -0.217. The first-order valence-electron chi connectivity index (χ1n) is 11.3. The van der Waals surface area contributed by atoms with E-state index in [1.807, 2.05) is 27.7 Å². The summed E-state index contributed by atoms with van der Waals surface area (Å²) in [7, 11) is 1.57. The molecule has 0 aromatic rings. The molecule has 4 aliphatic rings. The van der Waals surface area contributed by atoms with Gasteiger partial charge in [-0.1, -0.05) is 25.5 Å². The van der Waals surface area contributed by atoms with Crippen molar-refractivity contribution in [2.24, 2.45) is 23.7 Å². The summed E-state index contributed by atoms with van der Waals surface area (Å²) in [5.74, 6) is -1.27. The van der Waals surface area contributed by atoms with Crippen LogP contribution < -0.4 is 0 Å². The molecule has 3 aliphatic heterocycles. The van der Waals surface area contributed by atoms with Crippen molar-refractivity contribution in [3.05, 3.63) is 34.6 Å². The van der Waals surface area contributed by atoms with Gasteiger partial charge in [0.1, 0.15) is 17.3 Å². The van der Waals surface area contributed by atoms with Gasteiger partial charge in [-0.3, -0.25) is 4.79 Å². The van der Waals surface area contributed by atoms with E-state index in [-0.39, 0.29) is 35.8 Å². The Morgan fingerprint density at radius 1 is 1.19 bits per heavy atom.